The van der Waals surface area contributed by atoms with Crippen LogP contribution in [0.1, 0.15) is 23.3 Å². The molecule has 2 fully saturated rings. The van der Waals surface area contributed by atoms with E-state index < -0.39 is 5.97 Å². The van der Waals surface area contributed by atoms with E-state index in [4.69, 9.17) is 5.11 Å². The molecule has 1 saturated heterocycles. The maximum Gasteiger partial charge on any atom is 0.325 e. The predicted molar refractivity (Wildman–Crippen MR) is 68.2 cm³/mol. The van der Waals surface area contributed by atoms with Gasteiger partial charge in [-0.25, -0.2) is 4.68 Å². The van der Waals surface area contributed by atoms with Crippen LogP contribution in [0.2, 0.25) is 0 Å². The lowest BCUT2D eigenvalue weighted by Gasteiger charge is -2.34. The van der Waals surface area contributed by atoms with Crippen LogP contribution in [0.15, 0.2) is 6.20 Å². The van der Waals surface area contributed by atoms with Crippen molar-refractivity contribution in [3.63, 3.8) is 0 Å². The van der Waals surface area contributed by atoms with Crippen molar-refractivity contribution in [3.8, 4) is 0 Å². The average molecular weight is 279 g/mol. The van der Waals surface area contributed by atoms with Crippen molar-refractivity contribution in [2.75, 3.05) is 26.2 Å². The summed E-state index contributed by atoms with van der Waals surface area (Å²) in [5.41, 5.74) is 0.214. The second kappa shape index (κ2) is 5.20. The van der Waals surface area contributed by atoms with Crippen LogP contribution in [-0.4, -0.2) is 74.0 Å². The van der Waals surface area contributed by atoms with Gasteiger partial charge >= 0.3 is 5.97 Å². The molecular weight excluding hydrogens is 262 g/mol. The van der Waals surface area contributed by atoms with Gasteiger partial charge in [-0.3, -0.25) is 14.5 Å². The Morgan fingerprint density at radius 3 is 2.55 bits per heavy atom. The van der Waals surface area contributed by atoms with Crippen molar-refractivity contribution in [2.45, 2.75) is 25.4 Å². The molecule has 0 bridgehead atoms. The van der Waals surface area contributed by atoms with Gasteiger partial charge in [-0.1, -0.05) is 5.21 Å². The largest absolute Gasteiger partial charge is 0.480 e. The molecule has 0 spiro atoms. The van der Waals surface area contributed by atoms with Gasteiger partial charge in [0, 0.05) is 32.2 Å². The maximum absolute atomic E-state index is 12.2. The number of carboxylic acids is 1. The fourth-order valence-electron chi connectivity index (χ4n) is 2.50. The minimum Gasteiger partial charge on any atom is -0.480 e. The highest BCUT2D eigenvalue weighted by Gasteiger charge is 2.32. The second-order valence-electron chi connectivity index (χ2n) is 5.25. The van der Waals surface area contributed by atoms with Gasteiger partial charge in [0.1, 0.15) is 6.54 Å². The lowest BCUT2D eigenvalue weighted by atomic mass is 10.3. The van der Waals surface area contributed by atoms with E-state index in [1.807, 2.05) is 0 Å². The lowest BCUT2D eigenvalue weighted by molar-refractivity contribution is -0.137. The third kappa shape index (κ3) is 2.79. The fraction of sp³-hybridized carbons (Fsp3) is 0.667. The fourth-order valence-corrected chi connectivity index (χ4v) is 2.50. The minimum absolute atomic E-state index is 0.169. The molecule has 2 aliphatic rings. The van der Waals surface area contributed by atoms with E-state index in [1.165, 1.54) is 19.0 Å². The maximum atomic E-state index is 12.2. The smallest absolute Gasteiger partial charge is 0.325 e. The van der Waals surface area contributed by atoms with Crippen LogP contribution in [0.5, 0.6) is 0 Å². The molecule has 0 radical (unpaired) electrons. The van der Waals surface area contributed by atoms with Gasteiger partial charge in [-0.2, -0.15) is 0 Å². The van der Waals surface area contributed by atoms with Gasteiger partial charge in [0.15, 0.2) is 5.69 Å². The molecule has 1 amide bonds. The summed E-state index contributed by atoms with van der Waals surface area (Å²) < 4.78 is 1.16. The third-order valence-corrected chi connectivity index (χ3v) is 3.72. The zero-order valence-corrected chi connectivity index (χ0v) is 11.1. The summed E-state index contributed by atoms with van der Waals surface area (Å²) in [6.07, 6.45) is 3.94. The van der Waals surface area contributed by atoms with E-state index >= 15 is 0 Å². The number of hydrogen-bond donors (Lipinski definition) is 1. The van der Waals surface area contributed by atoms with Crippen LogP contribution in [0, 0.1) is 0 Å². The quantitative estimate of drug-likeness (QED) is 0.782. The number of piperazine rings is 1. The Hall–Kier alpha value is -1.96. The molecule has 8 nitrogen and oxygen atoms in total. The van der Waals surface area contributed by atoms with Crippen molar-refractivity contribution >= 4 is 11.9 Å². The van der Waals surface area contributed by atoms with Gasteiger partial charge < -0.3 is 10.0 Å². The molecule has 1 N–H and O–H groups in total. The molecule has 0 unspecified atom stereocenters. The summed E-state index contributed by atoms with van der Waals surface area (Å²) in [6.45, 7) is 2.91. The summed E-state index contributed by atoms with van der Waals surface area (Å²) in [4.78, 5) is 27.0. The van der Waals surface area contributed by atoms with Crippen LogP contribution in [0.4, 0.5) is 0 Å². The Bertz CT molecular complexity index is 517. The molecule has 3 rings (SSSR count). The monoisotopic (exact) mass is 279 g/mol. The van der Waals surface area contributed by atoms with Crippen LogP contribution >= 0.6 is 0 Å². The summed E-state index contributed by atoms with van der Waals surface area (Å²) in [5.74, 6) is -1.18. The zero-order valence-electron chi connectivity index (χ0n) is 11.1. The number of aromatic nitrogens is 3. The molecule has 1 aliphatic carbocycles. The number of hydrogen-bond acceptors (Lipinski definition) is 5. The number of aliphatic carboxylic acids is 1. The third-order valence-electron chi connectivity index (χ3n) is 3.72. The van der Waals surface area contributed by atoms with E-state index in [2.05, 4.69) is 15.2 Å². The van der Waals surface area contributed by atoms with Gasteiger partial charge in [-0.15, -0.1) is 5.10 Å². The molecule has 8 heteroatoms. The van der Waals surface area contributed by atoms with Gasteiger partial charge in [-0.05, 0) is 12.8 Å². The van der Waals surface area contributed by atoms with E-state index in [-0.39, 0.29) is 18.1 Å². The molecule has 1 aromatic heterocycles. The Balaban J connectivity index is 1.58. The first-order valence-corrected chi connectivity index (χ1v) is 6.79. The Kier molecular flexibility index (Phi) is 3.39. The first kappa shape index (κ1) is 13.0. The minimum atomic E-state index is -1.01. The molecule has 1 aromatic rings. The van der Waals surface area contributed by atoms with Gasteiger partial charge in [0.25, 0.3) is 5.91 Å². The molecule has 20 heavy (non-hydrogen) atoms. The van der Waals surface area contributed by atoms with E-state index in [0.717, 1.165) is 23.8 Å². The van der Waals surface area contributed by atoms with Crippen LogP contribution < -0.4 is 0 Å². The SMILES string of the molecule is O=C(O)Cn1cc(C(=O)N2CCN(C3CC3)CC2)nn1. The molecule has 0 aromatic carbocycles. The Labute approximate surface area is 116 Å². The standard InChI is InChI=1S/C12H17N5O3/c18-11(19)8-17-7-10(13-14-17)12(20)16-5-3-15(4-6-16)9-1-2-9/h7,9H,1-6,8H2,(H,18,19). The first-order valence-electron chi connectivity index (χ1n) is 6.79. The molecular formula is C12H17N5O3. The van der Waals surface area contributed by atoms with Crippen LogP contribution in [0.25, 0.3) is 0 Å². The summed E-state index contributed by atoms with van der Waals surface area (Å²) >= 11 is 0. The van der Waals surface area contributed by atoms with Crippen molar-refractivity contribution in [3.05, 3.63) is 11.9 Å². The second-order valence-corrected chi connectivity index (χ2v) is 5.25. The molecule has 1 saturated carbocycles. The van der Waals surface area contributed by atoms with E-state index in [1.54, 1.807) is 4.90 Å². The van der Waals surface area contributed by atoms with Crippen LogP contribution in [-0.2, 0) is 11.3 Å². The molecule has 2 heterocycles. The Morgan fingerprint density at radius 1 is 1.25 bits per heavy atom. The number of carboxylic acid groups (broad SMARTS) is 1. The van der Waals surface area contributed by atoms with Crippen molar-refractivity contribution in [1.82, 2.24) is 24.8 Å². The van der Waals surface area contributed by atoms with Crippen LogP contribution in [0.3, 0.4) is 0 Å². The number of amides is 1. The highest BCUT2D eigenvalue weighted by atomic mass is 16.4. The summed E-state index contributed by atoms with van der Waals surface area (Å²) in [7, 11) is 0. The molecule has 108 valence electrons. The number of carbonyl (C=O) groups is 2. The van der Waals surface area contributed by atoms with E-state index in [9.17, 15) is 9.59 Å². The zero-order chi connectivity index (χ0) is 14.1. The van der Waals surface area contributed by atoms with Gasteiger partial charge in [0.2, 0.25) is 0 Å². The van der Waals surface area contributed by atoms with Crippen molar-refractivity contribution in [2.24, 2.45) is 0 Å². The number of rotatable bonds is 4. The summed E-state index contributed by atoms with van der Waals surface area (Å²) in [5, 5.41) is 16.1. The summed E-state index contributed by atoms with van der Waals surface area (Å²) in [6, 6.07) is 0.726. The number of carbonyl (C=O) groups excluding carboxylic acids is 1. The first-order chi connectivity index (χ1) is 9.63. The highest BCUT2D eigenvalue weighted by Crippen LogP contribution is 2.27. The highest BCUT2D eigenvalue weighted by molar-refractivity contribution is 5.92. The molecule has 1 aliphatic heterocycles. The number of nitrogens with zero attached hydrogens (tertiary/aromatic N) is 5. The Morgan fingerprint density at radius 2 is 1.95 bits per heavy atom. The predicted octanol–water partition coefficient (Wildman–Crippen LogP) is -0.717. The normalized spacial score (nSPS) is 20.1. The van der Waals surface area contributed by atoms with Crippen molar-refractivity contribution < 1.29 is 14.7 Å². The molecule has 0 atom stereocenters. The topological polar surface area (TPSA) is 91.6 Å². The average Bonchev–Trinajstić information content (AvgIpc) is 3.18. The van der Waals surface area contributed by atoms with Gasteiger partial charge in [0.05, 0.1) is 6.20 Å². The van der Waals surface area contributed by atoms with Crippen molar-refractivity contribution in [1.29, 1.82) is 0 Å². The van der Waals surface area contributed by atoms with E-state index in [0.29, 0.717) is 13.1 Å². The lowest BCUT2D eigenvalue weighted by Crippen LogP contribution is -2.49.